The topological polar surface area (TPSA) is 78.0 Å². The highest BCUT2D eigenvalue weighted by molar-refractivity contribution is 7.99. The number of rotatable bonds is 4. The summed E-state index contributed by atoms with van der Waals surface area (Å²) in [5.41, 5.74) is 3.78. The number of aliphatic hydroxyl groups is 1. The van der Waals surface area contributed by atoms with Gasteiger partial charge in [-0.25, -0.2) is 4.98 Å². The average molecular weight is 422 g/mol. The Morgan fingerprint density at radius 2 is 2.13 bits per heavy atom. The number of hydrogen-bond donors (Lipinski definition) is 3. The molecule has 0 bridgehead atoms. The van der Waals surface area contributed by atoms with E-state index >= 15 is 0 Å². The lowest BCUT2D eigenvalue weighted by atomic mass is 9.84. The average Bonchev–Trinajstić information content (AvgIpc) is 3.24. The summed E-state index contributed by atoms with van der Waals surface area (Å²) in [5.74, 6) is 7.54. The monoisotopic (exact) mass is 421 g/mol. The van der Waals surface area contributed by atoms with Crippen molar-refractivity contribution in [2.45, 2.75) is 51.0 Å². The maximum Gasteiger partial charge on any atom is 0.291 e. The van der Waals surface area contributed by atoms with E-state index in [0.717, 1.165) is 60.4 Å². The van der Waals surface area contributed by atoms with Gasteiger partial charge in [0.25, 0.3) is 5.91 Å². The zero-order valence-electron chi connectivity index (χ0n) is 17.3. The summed E-state index contributed by atoms with van der Waals surface area (Å²) < 4.78 is 0. The van der Waals surface area contributed by atoms with E-state index in [4.69, 9.17) is 0 Å². The zero-order valence-corrected chi connectivity index (χ0v) is 18.1. The minimum atomic E-state index is -0.785. The van der Waals surface area contributed by atoms with Crippen LogP contribution in [0.4, 0.5) is 5.69 Å². The fraction of sp³-hybridized carbons (Fsp3) is 0.417. The van der Waals surface area contributed by atoms with E-state index in [-0.39, 0.29) is 11.7 Å². The number of nitrogens with one attached hydrogen (secondary N) is 2. The van der Waals surface area contributed by atoms with Crippen molar-refractivity contribution in [1.82, 2.24) is 9.97 Å². The van der Waals surface area contributed by atoms with Crippen LogP contribution in [-0.2, 0) is 5.60 Å². The summed E-state index contributed by atoms with van der Waals surface area (Å²) in [6, 6.07) is 5.96. The Morgan fingerprint density at radius 1 is 1.30 bits per heavy atom. The minimum Gasteiger partial charge on any atom is -0.385 e. The molecule has 3 N–H and O–H groups in total. The van der Waals surface area contributed by atoms with Crippen molar-refractivity contribution in [3.05, 3.63) is 53.1 Å². The molecule has 2 heterocycles. The van der Waals surface area contributed by atoms with Crippen molar-refractivity contribution in [3.63, 3.8) is 0 Å². The van der Waals surface area contributed by atoms with Gasteiger partial charge in [-0.3, -0.25) is 4.79 Å². The molecule has 0 unspecified atom stereocenters. The molecule has 1 aromatic heterocycles. The molecule has 156 valence electrons. The molecular weight excluding hydrogens is 394 g/mol. The fourth-order valence-corrected chi connectivity index (χ4v) is 5.27. The van der Waals surface area contributed by atoms with Gasteiger partial charge >= 0.3 is 0 Å². The summed E-state index contributed by atoms with van der Waals surface area (Å²) in [5, 5.41) is 14.2. The van der Waals surface area contributed by atoms with Gasteiger partial charge in [-0.1, -0.05) is 18.1 Å². The number of H-pyrrole nitrogens is 1. The molecule has 30 heavy (non-hydrogen) atoms. The number of allylic oxidation sites excluding steroid dienone is 2. The van der Waals surface area contributed by atoms with Gasteiger partial charge in [0.1, 0.15) is 5.69 Å². The number of anilines is 1. The van der Waals surface area contributed by atoms with Crippen LogP contribution in [0.3, 0.4) is 0 Å². The lowest BCUT2D eigenvalue weighted by Gasteiger charge is -2.33. The lowest BCUT2D eigenvalue weighted by Crippen LogP contribution is -2.30. The molecule has 4 rings (SSSR count). The molecule has 0 atom stereocenters. The maximum atomic E-state index is 12.8. The summed E-state index contributed by atoms with van der Waals surface area (Å²) in [6.07, 6.45) is 9.71. The SMILES string of the molecule is CC#Cc1cnc(C(=O)Nc2ccc(C3(O)CCSCC3)cc2C2=CCCCC2)[nH]1. The van der Waals surface area contributed by atoms with Crippen molar-refractivity contribution in [2.75, 3.05) is 16.8 Å². The van der Waals surface area contributed by atoms with Crippen LogP contribution in [-0.4, -0.2) is 32.5 Å². The number of aromatic amines is 1. The number of thioether (sulfide) groups is 1. The molecular formula is C24H27N3O2S. The predicted octanol–water partition coefficient (Wildman–Crippen LogP) is 4.71. The van der Waals surface area contributed by atoms with Crippen molar-refractivity contribution in [2.24, 2.45) is 0 Å². The molecule has 0 radical (unpaired) electrons. The second-order valence-corrected chi connectivity index (χ2v) is 9.08. The van der Waals surface area contributed by atoms with Crippen LogP contribution in [0.2, 0.25) is 0 Å². The zero-order chi connectivity index (χ0) is 21.0. The quantitative estimate of drug-likeness (QED) is 0.625. The number of amides is 1. The molecule has 1 aliphatic carbocycles. The van der Waals surface area contributed by atoms with E-state index in [1.807, 2.05) is 23.9 Å². The van der Waals surface area contributed by atoms with Crippen LogP contribution in [0.15, 0.2) is 30.5 Å². The maximum absolute atomic E-state index is 12.8. The van der Waals surface area contributed by atoms with Crippen LogP contribution in [0.1, 0.15) is 72.9 Å². The molecule has 2 aromatic rings. The van der Waals surface area contributed by atoms with Crippen LogP contribution in [0.5, 0.6) is 0 Å². The minimum absolute atomic E-state index is 0.239. The Morgan fingerprint density at radius 3 is 2.87 bits per heavy atom. The number of carbonyl (C=O) groups excluding carboxylic acids is 1. The standard InChI is InChI=1S/C24H27N3O2S/c1-2-6-19-16-25-22(26-19)23(28)27-21-10-9-18(24(29)11-13-30-14-12-24)15-20(21)17-7-4-3-5-8-17/h7,9-10,15-16,29H,3-5,8,11-14H2,1H3,(H,25,26)(H,27,28). The molecule has 1 amide bonds. The van der Waals surface area contributed by atoms with Crippen LogP contribution >= 0.6 is 11.8 Å². The van der Waals surface area contributed by atoms with E-state index in [2.05, 4.69) is 39.3 Å². The van der Waals surface area contributed by atoms with E-state index in [0.29, 0.717) is 5.69 Å². The first kappa shape index (κ1) is 20.8. The number of nitrogens with zero attached hydrogens (tertiary/aromatic N) is 1. The Labute approximate surface area is 181 Å². The Hall–Kier alpha value is -2.49. The first-order chi connectivity index (χ1) is 14.6. The van der Waals surface area contributed by atoms with Gasteiger partial charge in [0.2, 0.25) is 0 Å². The van der Waals surface area contributed by atoms with Crippen LogP contribution in [0, 0.1) is 11.8 Å². The van der Waals surface area contributed by atoms with E-state index in [1.165, 1.54) is 12.0 Å². The van der Waals surface area contributed by atoms with E-state index in [9.17, 15) is 9.90 Å². The second-order valence-electron chi connectivity index (χ2n) is 7.85. The highest BCUT2D eigenvalue weighted by Gasteiger charge is 2.32. The first-order valence-corrected chi connectivity index (χ1v) is 11.7. The predicted molar refractivity (Wildman–Crippen MR) is 122 cm³/mol. The number of carbonyl (C=O) groups is 1. The Balaban J connectivity index is 1.66. The highest BCUT2D eigenvalue weighted by Crippen LogP contribution is 2.40. The van der Waals surface area contributed by atoms with Crippen molar-refractivity contribution < 1.29 is 9.90 Å². The molecule has 0 spiro atoms. The molecule has 1 aromatic carbocycles. The lowest BCUT2D eigenvalue weighted by molar-refractivity contribution is 0.0281. The van der Waals surface area contributed by atoms with Crippen molar-refractivity contribution in [3.8, 4) is 11.8 Å². The van der Waals surface area contributed by atoms with Gasteiger partial charge in [0.15, 0.2) is 5.82 Å². The molecule has 2 aliphatic rings. The molecule has 1 saturated heterocycles. The number of hydrogen-bond acceptors (Lipinski definition) is 4. The van der Waals surface area contributed by atoms with E-state index in [1.54, 1.807) is 13.1 Å². The van der Waals surface area contributed by atoms with E-state index < -0.39 is 5.60 Å². The van der Waals surface area contributed by atoms with Gasteiger partial charge < -0.3 is 15.4 Å². The summed E-state index contributed by atoms with van der Waals surface area (Å²) in [4.78, 5) is 19.9. The third kappa shape index (κ3) is 4.48. The number of imidazole rings is 1. The molecule has 1 fully saturated rings. The molecule has 0 saturated carbocycles. The largest absolute Gasteiger partial charge is 0.385 e. The Kier molecular flexibility index (Phi) is 6.31. The third-order valence-electron chi connectivity index (χ3n) is 5.81. The Bertz CT molecular complexity index is 1020. The van der Waals surface area contributed by atoms with Gasteiger partial charge in [-0.05, 0) is 86.1 Å². The van der Waals surface area contributed by atoms with Gasteiger partial charge in [-0.15, -0.1) is 0 Å². The fourth-order valence-electron chi connectivity index (χ4n) is 4.11. The van der Waals surface area contributed by atoms with Crippen molar-refractivity contribution >= 4 is 28.9 Å². The first-order valence-electron chi connectivity index (χ1n) is 10.5. The summed E-state index contributed by atoms with van der Waals surface area (Å²) in [6.45, 7) is 1.74. The van der Waals surface area contributed by atoms with Gasteiger partial charge in [-0.2, -0.15) is 11.8 Å². The van der Waals surface area contributed by atoms with Gasteiger partial charge in [0.05, 0.1) is 11.8 Å². The molecule has 1 aliphatic heterocycles. The van der Waals surface area contributed by atoms with Crippen molar-refractivity contribution in [1.29, 1.82) is 0 Å². The third-order valence-corrected chi connectivity index (χ3v) is 6.80. The van der Waals surface area contributed by atoms with Crippen LogP contribution < -0.4 is 5.32 Å². The highest BCUT2D eigenvalue weighted by atomic mass is 32.2. The summed E-state index contributed by atoms with van der Waals surface area (Å²) >= 11 is 1.89. The second kappa shape index (κ2) is 9.11. The van der Waals surface area contributed by atoms with Crippen LogP contribution in [0.25, 0.3) is 5.57 Å². The molecule has 6 heteroatoms. The van der Waals surface area contributed by atoms with Gasteiger partial charge in [0, 0.05) is 11.3 Å². The number of benzene rings is 1. The summed E-state index contributed by atoms with van der Waals surface area (Å²) in [7, 11) is 0. The molecule has 5 nitrogen and oxygen atoms in total. The smallest absolute Gasteiger partial charge is 0.291 e. The number of aromatic nitrogens is 2. The normalized spacial score (nSPS) is 18.1.